The summed E-state index contributed by atoms with van der Waals surface area (Å²) in [5.41, 5.74) is -0.110. The van der Waals surface area contributed by atoms with E-state index < -0.39 is 23.7 Å². The third kappa shape index (κ3) is 7.02. The van der Waals surface area contributed by atoms with Crippen LogP contribution in [0.1, 0.15) is 55.4 Å². The summed E-state index contributed by atoms with van der Waals surface area (Å²) in [7, 11) is 0. The number of carboxylic acid groups (broad SMARTS) is 1. The maximum absolute atomic E-state index is 13.6. The molecule has 6 nitrogen and oxygen atoms in total. The fourth-order valence-corrected chi connectivity index (χ4v) is 7.28. The number of aliphatic carboxylic acids is 1. The van der Waals surface area contributed by atoms with Gasteiger partial charge in [0.15, 0.2) is 11.7 Å². The highest BCUT2D eigenvalue weighted by Gasteiger charge is 2.52. The molecule has 2 bridgehead atoms. The first-order valence-electron chi connectivity index (χ1n) is 13.7. The smallest absolute Gasteiger partial charge is 0.430 e. The van der Waals surface area contributed by atoms with E-state index >= 15 is 0 Å². The monoisotopic (exact) mass is 567 g/mol. The molecule has 4 fully saturated rings. The maximum atomic E-state index is 13.6. The first kappa shape index (κ1) is 29.6. The number of esters is 1. The first-order chi connectivity index (χ1) is 18.5. The van der Waals surface area contributed by atoms with Gasteiger partial charge in [-0.25, -0.2) is 4.79 Å². The molecule has 1 aromatic heterocycles. The minimum Gasteiger partial charge on any atom is -0.542 e. The van der Waals surface area contributed by atoms with Crippen LogP contribution in [0.3, 0.4) is 0 Å². The summed E-state index contributed by atoms with van der Waals surface area (Å²) in [6.07, 6.45) is 3.18. The minimum atomic E-state index is -5.19. The van der Waals surface area contributed by atoms with E-state index in [1.165, 1.54) is 36.4 Å². The van der Waals surface area contributed by atoms with E-state index in [1.54, 1.807) is 0 Å². The molecule has 6 rings (SSSR count). The van der Waals surface area contributed by atoms with Crippen molar-refractivity contribution in [3.05, 3.63) is 58.3 Å². The number of nitrogens with zero attached hydrogens (tertiary/aromatic N) is 1. The Kier molecular flexibility index (Phi) is 9.39. The number of alkyl halides is 3. The van der Waals surface area contributed by atoms with E-state index in [9.17, 15) is 23.1 Å². The number of carboxylic acids is 1. The predicted octanol–water partition coefficient (Wildman–Crippen LogP) is 4.21. The van der Waals surface area contributed by atoms with Crippen molar-refractivity contribution in [2.75, 3.05) is 26.2 Å². The number of carbonyl (C=O) groups is 2. The number of ether oxygens (including phenoxy) is 1. The lowest BCUT2D eigenvalue weighted by Crippen LogP contribution is -2.65. The molecule has 39 heavy (non-hydrogen) atoms. The molecule has 2 atom stereocenters. The molecule has 4 heterocycles. The Morgan fingerprint density at radius 2 is 1.64 bits per heavy atom. The molecule has 1 aliphatic carbocycles. The lowest BCUT2D eigenvalue weighted by Gasteiger charge is -2.52. The standard InChI is InChI=1S/C27H36NO3S.C2HF3O2/c29-26(27(30,25-12-7-19-32-25)23-10-5-2-6-11-23)31-24-20-28(17-14-22(24)15-18-28)16-13-21-8-3-1-4-9-21;3-2(4,5)1(6)7/h1,3-4,7-9,12,19,22-24,30H,2,5-6,10-11,13-18,20H2;(H,6,7)/q+1;/p-1/t22?,24-,27-,28?;/m0./s1. The van der Waals surface area contributed by atoms with E-state index in [1.807, 2.05) is 17.5 Å². The summed E-state index contributed by atoms with van der Waals surface area (Å²) in [5.74, 6) is -3.00. The van der Waals surface area contributed by atoms with E-state index in [4.69, 9.17) is 14.6 Å². The Hall–Kier alpha value is -2.43. The molecule has 1 saturated carbocycles. The van der Waals surface area contributed by atoms with Crippen LogP contribution in [0.15, 0.2) is 47.8 Å². The molecule has 1 aromatic carbocycles. The van der Waals surface area contributed by atoms with Crippen molar-refractivity contribution in [3.8, 4) is 0 Å². The molecule has 3 aliphatic heterocycles. The number of thiophene rings is 1. The topological polar surface area (TPSA) is 86.7 Å². The van der Waals surface area contributed by atoms with Crippen LogP contribution in [0, 0.1) is 11.8 Å². The fraction of sp³-hybridized carbons (Fsp3) is 0.586. The number of hydrogen-bond donors (Lipinski definition) is 1. The zero-order valence-corrected chi connectivity index (χ0v) is 22.7. The van der Waals surface area contributed by atoms with E-state index in [2.05, 4.69) is 30.3 Å². The van der Waals surface area contributed by atoms with Gasteiger partial charge in [-0.15, -0.1) is 11.3 Å². The van der Waals surface area contributed by atoms with Crippen molar-refractivity contribution < 1.29 is 42.2 Å². The van der Waals surface area contributed by atoms with Gasteiger partial charge in [-0.3, -0.25) is 0 Å². The van der Waals surface area contributed by atoms with Crippen LogP contribution >= 0.6 is 11.3 Å². The van der Waals surface area contributed by atoms with Gasteiger partial charge in [-0.05, 0) is 29.9 Å². The van der Waals surface area contributed by atoms with Gasteiger partial charge in [-0.1, -0.05) is 55.7 Å². The normalized spacial score (nSPS) is 26.7. The van der Waals surface area contributed by atoms with Gasteiger partial charge in [0.05, 0.1) is 19.6 Å². The second-order valence-corrected chi connectivity index (χ2v) is 12.0. The highest BCUT2D eigenvalue weighted by Crippen LogP contribution is 2.44. The lowest BCUT2D eigenvalue weighted by atomic mass is 9.75. The molecule has 10 heteroatoms. The molecular weight excluding hydrogens is 531 g/mol. The Bertz CT molecular complexity index is 1080. The van der Waals surface area contributed by atoms with Crippen LogP contribution in [-0.4, -0.2) is 60.0 Å². The van der Waals surface area contributed by atoms with Gasteiger partial charge in [0.2, 0.25) is 0 Å². The summed E-state index contributed by atoms with van der Waals surface area (Å²) < 4.78 is 38.8. The van der Waals surface area contributed by atoms with Crippen LogP contribution in [-0.2, 0) is 26.3 Å². The number of rotatable bonds is 7. The summed E-state index contributed by atoms with van der Waals surface area (Å²) in [6.45, 7) is 4.36. The zero-order chi connectivity index (χ0) is 28.1. The van der Waals surface area contributed by atoms with Gasteiger partial charge in [0, 0.05) is 36.0 Å². The highest BCUT2D eigenvalue weighted by molar-refractivity contribution is 7.10. The molecule has 2 aromatic rings. The second-order valence-electron chi connectivity index (χ2n) is 11.1. The maximum Gasteiger partial charge on any atom is 0.430 e. The van der Waals surface area contributed by atoms with Gasteiger partial charge in [-0.2, -0.15) is 13.2 Å². The number of aliphatic hydroxyl groups is 1. The molecular formula is C29H36F3NO5S. The number of halogens is 3. The quantitative estimate of drug-likeness (QED) is 0.400. The van der Waals surface area contributed by atoms with Crippen molar-refractivity contribution in [1.82, 2.24) is 0 Å². The molecule has 0 amide bonds. The van der Waals surface area contributed by atoms with Crippen molar-refractivity contribution in [3.63, 3.8) is 0 Å². The van der Waals surface area contributed by atoms with E-state index in [0.717, 1.165) is 67.4 Å². The number of piperidine rings is 3. The Labute approximate surface area is 231 Å². The third-order valence-corrected chi connectivity index (χ3v) is 9.65. The minimum absolute atomic E-state index is 0.0373. The average Bonchev–Trinajstić information content (AvgIpc) is 3.49. The molecule has 0 spiro atoms. The molecule has 214 valence electrons. The van der Waals surface area contributed by atoms with Crippen LogP contribution in [0.4, 0.5) is 13.2 Å². The molecule has 3 saturated heterocycles. The van der Waals surface area contributed by atoms with Gasteiger partial charge < -0.3 is 24.2 Å². The second kappa shape index (κ2) is 12.4. The van der Waals surface area contributed by atoms with Crippen molar-refractivity contribution in [1.29, 1.82) is 0 Å². The Balaban J connectivity index is 0.000000448. The molecule has 1 N–H and O–H groups in total. The molecule has 4 aliphatic rings. The molecule has 0 radical (unpaired) electrons. The van der Waals surface area contributed by atoms with Crippen molar-refractivity contribution >= 4 is 23.3 Å². The summed E-state index contributed by atoms with van der Waals surface area (Å²) in [5, 5.41) is 22.6. The van der Waals surface area contributed by atoms with Crippen LogP contribution < -0.4 is 5.11 Å². The van der Waals surface area contributed by atoms with Crippen LogP contribution in [0.25, 0.3) is 0 Å². The Morgan fingerprint density at radius 1 is 1.00 bits per heavy atom. The van der Waals surface area contributed by atoms with E-state index in [0.29, 0.717) is 5.92 Å². The van der Waals surface area contributed by atoms with Crippen LogP contribution in [0.5, 0.6) is 0 Å². The third-order valence-electron chi connectivity index (χ3n) is 8.65. The van der Waals surface area contributed by atoms with Crippen molar-refractivity contribution in [2.24, 2.45) is 11.8 Å². The average molecular weight is 568 g/mol. The van der Waals surface area contributed by atoms with Gasteiger partial charge in [0.1, 0.15) is 12.5 Å². The summed E-state index contributed by atoms with van der Waals surface area (Å²) >= 11 is 1.48. The predicted molar refractivity (Wildman–Crippen MR) is 138 cm³/mol. The van der Waals surface area contributed by atoms with E-state index in [-0.39, 0.29) is 12.0 Å². The fourth-order valence-electron chi connectivity index (χ4n) is 6.39. The number of carbonyl (C=O) groups excluding carboxylic acids is 2. The SMILES string of the molecule is O=C(O[C@H]1C[N+]2(CCc3ccccc3)CCC1CC2)[C@@](O)(c1cccs1)C1CCCCC1.O=C([O-])C(F)(F)F. The number of quaternary nitrogens is 1. The summed E-state index contributed by atoms with van der Waals surface area (Å²) in [6, 6.07) is 14.5. The first-order valence-corrected chi connectivity index (χ1v) is 14.6. The van der Waals surface area contributed by atoms with Gasteiger partial charge in [0.25, 0.3) is 0 Å². The van der Waals surface area contributed by atoms with Crippen LogP contribution in [0.2, 0.25) is 0 Å². The number of benzene rings is 1. The highest BCUT2D eigenvalue weighted by atomic mass is 32.1. The van der Waals surface area contributed by atoms with Gasteiger partial charge >= 0.3 is 12.1 Å². The molecule has 0 unspecified atom stereocenters. The number of fused-ring (bicyclic) bond motifs is 3. The lowest BCUT2D eigenvalue weighted by molar-refractivity contribution is -0.946. The summed E-state index contributed by atoms with van der Waals surface area (Å²) in [4.78, 5) is 23.2. The Morgan fingerprint density at radius 3 is 2.21 bits per heavy atom. The zero-order valence-electron chi connectivity index (χ0n) is 21.9. The number of hydrogen-bond acceptors (Lipinski definition) is 6. The largest absolute Gasteiger partial charge is 0.542 e. The van der Waals surface area contributed by atoms with Crippen molar-refractivity contribution in [2.45, 2.75) is 69.2 Å².